The van der Waals surface area contributed by atoms with Crippen molar-refractivity contribution >= 4 is 5.69 Å². The molecule has 0 saturated heterocycles. The van der Waals surface area contributed by atoms with Crippen LogP contribution in [-0.4, -0.2) is 7.05 Å². The molecule has 0 unspecified atom stereocenters. The summed E-state index contributed by atoms with van der Waals surface area (Å²) in [4.78, 5) is 2.01. The minimum atomic E-state index is 0.696. The highest BCUT2D eigenvalue weighted by molar-refractivity contribution is 5.58. The van der Waals surface area contributed by atoms with Crippen molar-refractivity contribution < 1.29 is 0 Å². The maximum atomic E-state index is 8.78. The Morgan fingerprint density at radius 2 is 2.14 bits per heavy atom. The summed E-state index contributed by atoms with van der Waals surface area (Å²) in [5.74, 6) is 0. The highest BCUT2D eigenvalue weighted by atomic mass is 15.1. The lowest BCUT2D eigenvalue weighted by Crippen LogP contribution is -2.09. The lowest BCUT2D eigenvalue weighted by atomic mass is 10.1. The van der Waals surface area contributed by atoms with Crippen molar-refractivity contribution in [2.24, 2.45) is 0 Å². The van der Waals surface area contributed by atoms with Gasteiger partial charge in [0.15, 0.2) is 0 Å². The number of nitrogens with zero attached hydrogens (tertiary/aromatic N) is 2. The number of hydrogen-bond acceptors (Lipinski definition) is 2. The van der Waals surface area contributed by atoms with Crippen LogP contribution < -0.4 is 4.90 Å². The number of nitriles is 1. The lowest BCUT2D eigenvalue weighted by Gasteiger charge is -2.16. The van der Waals surface area contributed by atoms with Gasteiger partial charge in [0.05, 0.1) is 11.6 Å². The first-order valence-electron chi connectivity index (χ1n) is 4.55. The van der Waals surface area contributed by atoms with Crippen molar-refractivity contribution in [2.45, 2.75) is 13.8 Å². The Balaban J connectivity index is 3.13. The second-order valence-electron chi connectivity index (χ2n) is 3.21. The smallest absolute Gasteiger partial charge is 0.0992 e. The van der Waals surface area contributed by atoms with Gasteiger partial charge in [-0.3, -0.25) is 0 Å². The largest absolute Gasteiger partial charge is 0.351 e. The molecule has 0 bridgehead atoms. The molecule has 0 aromatic heterocycles. The van der Waals surface area contributed by atoms with E-state index < -0.39 is 0 Å². The van der Waals surface area contributed by atoms with E-state index in [-0.39, 0.29) is 0 Å². The average molecular weight is 186 g/mol. The molecular weight excluding hydrogens is 172 g/mol. The predicted molar refractivity (Wildman–Crippen MR) is 59.1 cm³/mol. The first-order chi connectivity index (χ1) is 6.69. The van der Waals surface area contributed by atoms with Gasteiger partial charge in [-0.25, -0.2) is 0 Å². The van der Waals surface area contributed by atoms with Crippen molar-refractivity contribution in [2.75, 3.05) is 11.9 Å². The summed E-state index contributed by atoms with van der Waals surface area (Å²) in [7, 11) is 1.98. The topological polar surface area (TPSA) is 27.0 Å². The van der Waals surface area contributed by atoms with Crippen molar-refractivity contribution in [3.63, 3.8) is 0 Å². The van der Waals surface area contributed by atoms with Gasteiger partial charge < -0.3 is 4.90 Å². The molecule has 0 N–H and O–H groups in total. The van der Waals surface area contributed by atoms with Gasteiger partial charge in [-0.15, -0.1) is 0 Å². The second kappa shape index (κ2) is 4.48. The van der Waals surface area contributed by atoms with Gasteiger partial charge in [0.2, 0.25) is 0 Å². The molecule has 0 aliphatic heterocycles. The van der Waals surface area contributed by atoms with Crippen molar-refractivity contribution in [1.29, 1.82) is 5.26 Å². The summed E-state index contributed by atoms with van der Waals surface area (Å²) in [6, 6.07) is 7.84. The Kier molecular flexibility index (Phi) is 3.30. The van der Waals surface area contributed by atoms with Gasteiger partial charge >= 0.3 is 0 Å². The summed E-state index contributed by atoms with van der Waals surface area (Å²) in [5.41, 5.74) is 2.94. The van der Waals surface area contributed by atoms with E-state index in [0.717, 1.165) is 5.69 Å². The molecule has 0 saturated carbocycles. The molecular formula is C12H14N2. The molecule has 0 aliphatic rings. The summed E-state index contributed by atoms with van der Waals surface area (Å²) < 4.78 is 0. The minimum Gasteiger partial charge on any atom is -0.351 e. The number of hydrogen-bond donors (Lipinski definition) is 0. The molecule has 72 valence electrons. The first kappa shape index (κ1) is 10.3. The van der Waals surface area contributed by atoms with Gasteiger partial charge in [-0.2, -0.15) is 5.26 Å². The van der Waals surface area contributed by atoms with Crippen molar-refractivity contribution in [1.82, 2.24) is 0 Å². The molecule has 0 radical (unpaired) electrons. The van der Waals surface area contributed by atoms with E-state index in [2.05, 4.69) is 6.07 Å². The number of anilines is 1. The maximum absolute atomic E-state index is 8.78. The SMILES string of the molecule is C/C=C\N(C)c1cc(C#N)ccc1C. The van der Waals surface area contributed by atoms with Gasteiger partial charge in [0, 0.05) is 12.7 Å². The highest BCUT2D eigenvalue weighted by Gasteiger charge is 2.02. The molecule has 2 nitrogen and oxygen atoms in total. The van der Waals surface area contributed by atoms with Gasteiger partial charge in [-0.05, 0) is 37.7 Å². The molecule has 14 heavy (non-hydrogen) atoms. The highest BCUT2D eigenvalue weighted by Crippen LogP contribution is 2.20. The third kappa shape index (κ3) is 2.14. The fourth-order valence-corrected chi connectivity index (χ4v) is 1.36. The third-order valence-electron chi connectivity index (χ3n) is 2.09. The van der Waals surface area contributed by atoms with Crippen LogP contribution in [0.2, 0.25) is 0 Å². The van der Waals surface area contributed by atoms with Crippen LogP contribution in [0.4, 0.5) is 5.69 Å². The quantitative estimate of drug-likeness (QED) is 0.710. The van der Waals surface area contributed by atoms with Crippen LogP contribution in [-0.2, 0) is 0 Å². The molecule has 0 heterocycles. The van der Waals surface area contributed by atoms with Crippen LogP contribution in [0, 0.1) is 18.3 Å². The predicted octanol–water partition coefficient (Wildman–Crippen LogP) is 2.84. The normalized spacial score (nSPS) is 10.1. The van der Waals surface area contributed by atoms with Crippen molar-refractivity contribution in [3.05, 3.63) is 41.6 Å². The Bertz CT molecular complexity index is 386. The zero-order chi connectivity index (χ0) is 10.6. The van der Waals surface area contributed by atoms with Crippen LogP contribution in [0.15, 0.2) is 30.5 Å². The Morgan fingerprint density at radius 1 is 1.43 bits per heavy atom. The molecule has 0 atom stereocenters. The number of benzene rings is 1. The maximum Gasteiger partial charge on any atom is 0.0992 e. The monoisotopic (exact) mass is 186 g/mol. The van der Waals surface area contributed by atoms with Crippen LogP contribution in [0.3, 0.4) is 0 Å². The Labute approximate surface area is 85.1 Å². The third-order valence-corrected chi connectivity index (χ3v) is 2.09. The Hall–Kier alpha value is -1.75. The lowest BCUT2D eigenvalue weighted by molar-refractivity contribution is 1.17. The number of rotatable bonds is 2. The van der Waals surface area contributed by atoms with E-state index in [4.69, 9.17) is 5.26 Å². The molecule has 0 fully saturated rings. The zero-order valence-corrected chi connectivity index (χ0v) is 8.78. The molecule has 2 heteroatoms. The molecule has 0 aliphatic carbocycles. The Morgan fingerprint density at radius 3 is 2.71 bits per heavy atom. The van der Waals surface area contributed by atoms with Gasteiger partial charge in [0.1, 0.15) is 0 Å². The second-order valence-corrected chi connectivity index (χ2v) is 3.21. The molecule has 0 amide bonds. The fraction of sp³-hybridized carbons (Fsp3) is 0.250. The molecule has 1 aromatic carbocycles. The van der Waals surface area contributed by atoms with Crippen LogP contribution >= 0.6 is 0 Å². The van der Waals surface area contributed by atoms with E-state index >= 15 is 0 Å². The fourth-order valence-electron chi connectivity index (χ4n) is 1.36. The van der Waals surface area contributed by atoms with Gasteiger partial charge in [0.25, 0.3) is 0 Å². The summed E-state index contributed by atoms with van der Waals surface area (Å²) in [5, 5.41) is 8.78. The van der Waals surface area contributed by atoms with E-state index in [0.29, 0.717) is 5.56 Å². The summed E-state index contributed by atoms with van der Waals surface area (Å²) in [6.07, 6.45) is 3.95. The van der Waals surface area contributed by atoms with Crippen molar-refractivity contribution in [3.8, 4) is 6.07 Å². The number of allylic oxidation sites excluding steroid dienone is 1. The zero-order valence-electron chi connectivity index (χ0n) is 8.78. The molecule has 1 aromatic rings. The first-order valence-corrected chi connectivity index (χ1v) is 4.55. The molecule has 0 spiro atoms. The minimum absolute atomic E-state index is 0.696. The van der Waals surface area contributed by atoms with E-state index in [9.17, 15) is 0 Å². The van der Waals surface area contributed by atoms with E-state index in [1.807, 2.05) is 56.3 Å². The summed E-state index contributed by atoms with van der Waals surface area (Å²) >= 11 is 0. The standard InChI is InChI=1S/C12H14N2/c1-4-7-14(3)12-8-11(9-13)6-5-10(12)2/h4-8H,1-3H3/b7-4-. The summed E-state index contributed by atoms with van der Waals surface area (Å²) in [6.45, 7) is 4.01. The van der Waals surface area contributed by atoms with E-state index in [1.54, 1.807) is 0 Å². The number of aryl methyl sites for hydroxylation is 1. The van der Waals surface area contributed by atoms with Gasteiger partial charge in [-0.1, -0.05) is 12.1 Å². The van der Waals surface area contributed by atoms with Crippen LogP contribution in [0.25, 0.3) is 0 Å². The average Bonchev–Trinajstić information content (AvgIpc) is 2.19. The van der Waals surface area contributed by atoms with Crippen LogP contribution in [0.5, 0.6) is 0 Å². The molecule has 1 rings (SSSR count). The van der Waals surface area contributed by atoms with E-state index in [1.165, 1.54) is 5.56 Å². The van der Waals surface area contributed by atoms with Crippen LogP contribution in [0.1, 0.15) is 18.1 Å².